The van der Waals surface area contributed by atoms with Crippen LogP contribution in [0.25, 0.3) is 0 Å². The summed E-state index contributed by atoms with van der Waals surface area (Å²) >= 11 is 0. The number of carbonyl (C=O) groups is 1. The minimum Gasteiger partial charge on any atom is -0.353 e. The Kier molecular flexibility index (Phi) is 9.28. The van der Waals surface area contributed by atoms with Gasteiger partial charge in [0.05, 0.1) is 0 Å². The van der Waals surface area contributed by atoms with Crippen molar-refractivity contribution >= 4 is 16.7 Å². The molecular weight excluding hydrogens is 248 g/mol. The van der Waals surface area contributed by atoms with Crippen molar-refractivity contribution in [2.45, 2.75) is 64.8 Å². The van der Waals surface area contributed by atoms with Crippen molar-refractivity contribution in [1.29, 1.82) is 0 Å². The molecule has 1 amide bonds. The van der Waals surface area contributed by atoms with Crippen LogP contribution >= 0.6 is 0 Å². The smallest absolute Gasteiger partial charge is 0.232 e. The molecule has 108 valence electrons. The highest BCUT2D eigenvalue weighted by molar-refractivity contribution is 7.86. The molecule has 18 heavy (non-hydrogen) atoms. The van der Waals surface area contributed by atoms with Crippen LogP contribution in [0.5, 0.6) is 0 Å². The molecule has 2 N–H and O–H groups in total. The lowest BCUT2D eigenvalue weighted by Gasteiger charge is -2.18. The van der Waals surface area contributed by atoms with Gasteiger partial charge in [-0.1, -0.05) is 13.8 Å². The summed E-state index contributed by atoms with van der Waals surface area (Å²) in [7, 11) is -1.09. The number of carbonyl (C=O) groups excluding carboxylic acids is 1. The van der Waals surface area contributed by atoms with E-state index in [-0.39, 0.29) is 23.0 Å². The molecule has 0 aromatic carbocycles. The van der Waals surface area contributed by atoms with E-state index in [1.165, 1.54) is 0 Å². The van der Waals surface area contributed by atoms with Crippen molar-refractivity contribution < 1.29 is 9.00 Å². The molecule has 4 nitrogen and oxygen atoms in total. The molecule has 0 aliphatic heterocycles. The first-order chi connectivity index (χ1) is 8.36. The van der Waals surface area contributed by atoms with Gasteiger partial charge in [0, 0.05) is 28.1 Å². The lowest BCUT2D eigenvalue weighted by atomic mass is 10.2. The van der Waals surface area contributed by atoms with E-state index in [0.717, 1.165) is 19.4 Å². The minimum absolute atomic E-state index is 0.0438. The van der Waals surface area contributed by atoms with Gasteiger partial charge in [0.1, 0.15) is 5.75 Å². The van der Waals surface area contributed by atoms with Crippen LogP contribution in [0.3, 0.4) is 0 Å². The van der Waals surface area contributed by atoms with Gasteiger partial charge in [-0.2, -0.15) is 0 Å². The highest BCUT2D eigenvalue weighted by Gasteiger charge is 2.17. The van der Waals surface area contributed by atoms with Crippen molar-refractivity contribution in [1.82, 2.24) is 10.6 Å². The second kappa shape index (κ2) is 9.50. The quantitative estimate of drug-likeness (QED) is 0.670. The summed E-state index contributed by atoms with van der Waals surface area (Å²) in [4.78, 5) is 11.5. The Hall–Kier alpha value is -0.420. The molecule has 0 fully saturated rings. The van der Waals surface area contributed by atoms with Crippen LogP contribution in [0.2, 0.25) is 0 Å². The predicted molar refractivity (Wildman–Crippen MR) is 78.1 cm³/mol. The monoisotopic (exact) mass is 276 g/mol. The Labute approximate surface area is 114 Å². The molecule has 0 spiro atoms. The van der Waals surface area contributed by atoms with Gasteiger partial charge in [0.2, 0.25) is 5.91 Å². The van der Waals surface area contributed by atoms with E-state index < -0.39 is 10.8 Å². The summed E-state index contributed by atoms with van der Waals surface area (Å²) in [5.41, 5.74) is 0. The van der Waals surface area contributed by atoms with Crippen molar-refractivity contribution in [2.75, 3.05) is 12.3 Å². The van der Waals surface area contributed by atoms with Crippen LogP contribution in [0.4, 0.5) is 0 Å². The topological polar surface area (TPSA) is 58.2 Å². The molecule has 0 aliphatic rings. The van der Waals surface area contributed by atoms with Crippen LogP contribution in [0.15, 0.2) is 0 Å². The zero-order valence-corrected chi connectivity index (χ0v) is 13.1. The van der Waals surface area contributed by atoms with Crippen LogP contribution in [0, 0.1) is 0 Å². The molecule has 0 aromatic rings. The molecule has 3 atom stereocenters. The van der Waals surface area contributed by atoms with Crippen molar-refractivity contribution in [2.24, 2.45) is 0 Å². The highest BCUT2D eigenvalue weighted by atomic mass is 32.2. The van der Waals surface area contributed by atoms with E-state index in [1.54, 1.807) is 0 Å². The lowest BCUT2D eigenvalue weighted by Crippen LogP contribution is -2.37. The Morgan fingerprint density at radius 2 is 1.83 bits per heavy atom. The fourth-order valence-electron chi connectivity index (χ4n) is 1.71. The molecule has 5 heteroatoms. The maximum absolute atomic E-state index is 12.0. The summed E-state index contributed by atoms with van der Waals surface area (Å²) in [6, 6.07) is 0.451. The standard InChI is InChI=1S/C13H28N2O2S/c1-6-7-14-11(4)8-12(5)18(17)9-13(16)15-10(2)3/h10-12,14H,6-9H2,1-5H3,(H,15,16). The first-order valence-electron chi connectivity index (χ1n) is 6.76. The van der Waals surface area contributed by atoms with Gasteiger partial charge in [0.15, 0.2) is 0 Å². The first kappa shape index (κ1) is 17.6. The third-order valence-electron chi connectivity index (χ3n) is 2.60. The molecule has 0 saturated carbocycles. The number of nitrogens with one attached hydrogen (secondary N) is 2. The third-order valence-corrected chi connectivity index (χ3v) is 4.24. The normalized spacial score (nSPS) is 16.3. The first-order valence-corrected chi connectivity index (χ1v) is 8.14. The van der Waals surface area contributed by atoms with E-state index in [9.17, 15) is 9.00 Å². The lowest BCUT2D eigenvalue weighted by molar-refractivity contribution is -0.119. The van der Waals surface area contributed by atoms with Gasteiger partial charge in [0.25, 0.3) is 0 Å². The third kappa shape index (κ3) is 8.64. The van der Waals surface area contributed by atoms with Crippen molar-refractivity contribution in [3.63, 3.8) is 0 Å². The summed E-state index contributed by atoms with van der Waals surface area (Å²) < 4.78 is 12.0. The van der Waals surface area contributed by atoms with Gasteiger partial charge in [-0.15, -0.1) is 0 Å². The van der Waals surface area contributed by atoms with Crippen LogP contribution < -0.4 is 10.6 Å². The van der Waals surface area contributed by atoms with Gasteiger partial charge < -0.3 is 10.6 Å². The zero-order chi connectivity index (χ0) is 14.1. The molecule has 0 bridgehead atoms. The van der Waals surface area contributed by atoms with Crippen LogP contribution in [-0.2, 0) is 15.6 Å². The second-order valence-electron chi connectivity index (χ2n) is 5.15. The van der Waals surface area contributed by atoms with E-state index in [2.05, 4.69) is 24.5 Å². The molecule has 0 rings (SSSR count). The largest absolute Gasteiger partial charge is 0.353 e. The predicted octanol–water partition coefficient (Wildman–Crippen LogP) is 1.43. The Bertz CT molecular complexity index is 270. The minimum atomic E-state index is -1.09. The maximum atomic E-state index is 12.0. The molecule has 0 aliphatic carbocycles. The average Bonchev–Trinajstić information content (AvgIpc) is 2.24. The summed E-state index contributed by atoms with van der Waals surface area (Å²) in [5, 5.41) is 6.18. The number of rotatable bonds is 9. The molecule has 0 heterocycles. The van der Waals surface area contributed by atoms with Crippen molar-refractivity contribution in [3.05, 3.63) is 0 Å². The number of amides is 1. The van der Waals surface area contributed by atoms with Gasteiger partial charge in [-0.05, 0) is 40.2 Å². The Morgan fingerprint density at radius 1 is 1.22 bits per heavy atom. The average molecular weight is 276 g/mol. The van der Waals surface area contributed by atoms with Gasteiger partial charge >= 0.3 is 0 Å². The molecule has 3 unspecified atom stereocenters. The van der Waals surface area contributed by atoms with Crippen LogP contribution in [0.1, 0.15) is 47.5 Å². The van der Waals surface area contributed by atoms with Crippen LogP contribution in [-0.4, -0.2) is 39.7 Å². The SMILES string of the molecule is CCCNC(C)CC(C)S(=O)CC(=O)NC(C)C. The fraction of sp³-hybridized carbons (Fsp3) is 0.923. The highest BCUT2D eigenvalue weighted by Crippen LogP contribution is 2.05. The van der Waals surface area contributed by atoms with E-state index in [0.29, 0.717) is 6.04 Å². The van der Waals surface area contributed by atoms with E-state index in [1.807, 2.05) is 20.8 Å². The fourth-order valence-corrected chi connectivity index (χ4v) is 2.84. The Morgan fingerprint density at radius 3 is 2.33 bits per heavy atom. The number of hydrogen-bond acceptors (Lipinski definition) is 3. The Balaban J connectivity index is 3.98. The molecule has 0 aromatic heterocycles. The van der Waals surface area contributed by atoms with Gasteiger partial charge in [-0.3, -0.25) is 9.00 Å². The summed E-state index contributed by atoms with van der Waals surface area (Å²) in [6.45, 7) is 11.0. The molecular formula is C13H28N2O2S. The van der Waals surface area contributed by atoms with Crippen molar-refractivity contribution in [3.8, 4) is 0 Å². The van der Waals surface area contributed by atoms with E-state index in [4.69, 9.17) is 0 Å². The van der Waals surface area contributed by atoms with Gasteiger partial charge in [-0.25, -0.2) is 0 Å². The molecule has 0 radical (unpaired) electrons. The maximum Gasteiger partial charge on any atom is 0.232 e. The second-order valence-corrected chi connectivity index (χ2v) is 7.00. The zero-order valence-electron chi connectivity index (χ0n) is 12.3. The van der Waals surface area contributed by atoms with E-state index >= 15 is 0 Å². The molecule has 0 saturated heterocycles. The number of hydrogen-bond donors (Lipinski definition) is 2. The summed E-state index contributed by atoms with van der Waals surface area (Å²) in [5.74, 6) is -0.0100. The summed E-state index contributed by atoms with van der Waals surface area (Å²) in [6.07, 6.45) is 1.93.